The smallest absolute Gasteiger partial charge is 0.253 e. The molecule has 8 nitrogen and oxygen atoms in total. The van der Waals surface area contributed by atoms with Crippen LogP contribution in [0.3, 0.4) is 0 Å². The zero-order valence-electron chi connectivity index (χ0n) is 15.5. The van der Waals surface area contributed by atoms with E-state index in [4.69, 9.17) is 0 Å². The van der Waals surface area contributed by atoms with E-state index in [1.54, 1.807) is 12.3 Å². The number of rotatable bonds is 4. The molecule has 4 rings (SSSR count). The predicted octanol–water partition coefficient (Wildman–Crippen LogP) is 0.973. The molecular formula is C19H23N7O. The molecule has 0 radical (unpaired) electrons. The molecule has 0 saturated carbocycles. The average molecular weight is 365 g/mol. The third-order valence-electron chi connectivity index (χ3n) is 5.00. The summed E-state index contributed by atoms with van der Waals surface area (Å²) in [6, 6.07) is 9.40. The molecule has 1 unspecified atom stereocenters. The van der Waals surface area contributed by atoms with E-state index >= 15 is 0 Å². The molecule has 1 saturated heterocycles. The van der Waals surface area contributed by atoms with Crippen molar-refractivity contribution in [1.29, 1.82) is 0 Å². The second-order valence-corrected chi connectivity index (χ2v) is 6.97. The molecule has 27 heavy (non-hydrogen) atoms. The number of fused-ring (bicyclic) bond motifs is 1. The van der Waals surface area contributed by atoms with Crippen LogP contribution in [0.4, 0.5) is 0 Å². The number of likely N-dealkylation sites (N-methyl/N-ethyl adjacent to an activating group) is 2. The van der Waals surface area contributed by atoms with E-state index in [0.717, 1.165) is 36.8 Å². The molecule has 1 atom stereocenters. The highest BCUT2D eigenvalue weighted by Gasteiger charge is 2.28. The van der Waals surface area contributed by atoms with Crippen LogP contribution in [0.1, 0.15) is 27.9 Å². The normalized spacial score (nSPS) is 18.7. The Bertz CT molecular complexity index is 940. The van der Waals surface area contributed by atoms with E-state index in [2.05, 4.69) is 44.4 Å². The largest absolute Gasteiger partial charge is 0.346 e. The molecule has 8 heteroatoms. The van der Waals surface area contributed by atoms with Crippen molar-refractivity contribution < 1.29 is 4.79 Å². The third-order valence-corrected chi connectivity index (χ3v) is 5.00. The molecule has 0 bridgehead atoms. The number of nitrogens with zero attached hydrogens (tertiary/aromatic N) is 6. The predicted molar refractivity (Wildman–Crippen MR) is 101 cm³/mol. The fourth-order valence-corrected chi connectivity index (χ4v) is 3.33. The van der Waals surface area contributed by atoms with Gasteiger partial charge in [0.2, 0.25) is 0 Å². The molecule has 4 heterocycles. The second-order valence-electron chi connectivity index (χ2n) is 6.97. The lowest BCUT2D eigenvalue weighted by Gasteiger charge is -2.36. The Labute approximate surface area is 157 Å². The molecule has 3 aromatic heterocycles. The van der Waals surface area contributed by atoms with Gasteiger partial charge in [-0.3, -0.25) is 19.1 Å². The first kappa shape index (κ1) is 17.6. The highest BCUT2D eigenvalue weighted by atomic mass is 16.1. The van der Waals surface area contributed by atoms with E-state index in [1.807, 2.05) is 34.9 Å². The van der Waals surface area contributed by atoms with Crippen LogP contribution in [0, 0.1) is 0 Å². The summed E-state index contributed by atoms with van der Waals surface area (Å²) >= 11 is 0. The number of pyridine rings is 2. The number of hydrogen-bond acceptors (Lipinski definition) is 6. The topological polar surface area (TPSA) is 78.7 Å². The van der Waals surface area contributed by atoms with Crippen molar-refractivity contribution in [2.45, 2.75) is 12.6 Å². The molecule has 0 aromatic carbocycles. The lowest BCUT2D eigenvalue weighted by molar-refractivity contribution is 0.0949. The van der Waals surface area contributed by atoms with Crippen molar-refractivity contribution in [2.24, 2.45) is 0 Å². The van der Waals surface area contributed by atoms with Crippen LogP contribution in [-0.4, -0.2) is 69.0 Å². The summed E-state index contributed by atoms with van der Waals surface area (Å²) < 4.78 is 1.93. The quantitative estimate of drug-likeness (QED) is 0.742. The summed E-state index contributed by atoms with van der Waals surface area (Å²) in [4.78, 5) is 21.4. The van der Waals surface area contributed by atoms with Crippen LogP contribution in [0.2, 0.25) is 0 Å². The van der Waals surface area contributed by atoms with E-state index in [0.29, 0.717) is 12.1 Å². The zero-order chi connectivity index (χ0) is 18.8. The van der Waals surface area contributed by atoms with Crippen molar-refractivity contribution in [1.82, 2.24) is 34.7 Å². The summed E-state index contributed by atoms with van der Waals surface area (Å²) in [5, 5.41) is 11.6. The first-order chi connectivity index (χ1) is 13.1. The van der Waals surface area contributed by atoms with Crippen molar-refractivity contribution in [2.75, 3.05) is 33.7 Å². The number of carbonyl (C=O) groups is 1. The lowest BCUT2D eigenvalue weighted by atomic mass is 10.1. The maximum atomic E-state index is 12.6. The maximum Gasteiger partial charge on any atom is 0.253 e. The number of carbonyl (C=O) groups excluding carboxylic acids is 1. The molecule has 1 amide bonds. The lowest BCUT2D eigenvalue weighted by Crippen LogP contribution is -2.45. The summed E-state index contributed by atoms with van der Waals surface area (Å²) in [5.41, 5.74) is 2.14. The van der Waals surface area contributed by atoms with Gasteiger partial charge in [-0.2, -0.15) is 0 Å². The number of amides is 1. The van der Waals surface area contributed by atoms with Gasteiger partial charge in [0.1, 0.15) is 0 Å². The molecule has 3 aromatic rings. The van der Waals surface area contributed by atoms with E-state index in [-0.39, 0.29) is 11.9 Å². The van der Waals surface area contributed by atoms with Crippen LogP contribution < -0.4 is 5.32 Å². The molecule has 1 fully saturated rings. The number of piperazine rings is 1. The SMILES string of the molecule is CN1CCN(C)C(c2nnc3ccc(C(=O)NCc4ccccn4)cn23)C1. The molecule has 1 N–H and O–H groups in total. The summed E-state index contributed by atoms with van der Waals surface area (Å²) in [6.07, 6.45) is 3.54. The molecule has 0 spiro atoms. The van der Waals surface area contributed by atoms with Gasteiger partial charge in [-0.25, -0.2) is 0 Å². The first-order valence-electron chi connectivity index (χ1n) is 9.03. The van der Waals surface area contributed by atoms with E-state index in [9.17, 15) is 4.79 Å². The minimum absolute atomic E-state index is 0.142. The van der Waals surface area contributed by atoms with Crippen LogP contribution in [0.15, 0.2) is 42.7 Å². The molecule has 0 aliphatic carbocycles. The monoisotopic (exact) mass is 365 g/mol. The van der Waals surface area contributed by atoms with E-state index < -0.39 is 0 Å². The Morgan fingerprint density at radius 3 is 2.89 bits per heavy atom. The van der Waals surface area contributed by atoms with Gasteiger partial charge in [0.15, 0.2) is 11.5 Å². The zero-order valence-corrected chi connectivity index (χ0v) is 15.5. The van der Waals surface area contributed by atoms with Gasteiger partial charge in [-0.05, 0) is 38.4 Å². The fourth-order valence-electron chi connectivity index (χ4n) is 3.33. The first-order valence-corrected chi connectivity index (χ1v) is 9.03. The van der Waals surface area contributed by atoms with Gasteiger partial charge in [0, 0.05) is 32.0 Å². The van der Waals surface area contributed by atoms with Gasteiger partial charge >= 0.3 is 0 Å². The standard InChI is InChI=1S/C19H23N7O/c1-24-9-10-25(2)16(13-24)18-23-22-17-7-6-14(12-26(17)18)19(27)21-11-15-5-3-4-8-20-15/h3-8,12,16H,9-11,13H2,1-2H3,(H,21,27). The van der Waals surface area contributed by atoms with Gasteiger partial charge in [0.05, 0.1) is 23.8 Å². The molecule has 1 aliphatic heterocycles. The van der Waals surface area contributed by atoms with Crippen molar-refractivity contribution in [3.8, 4) is 0 Å². The molecule has 1 aliphatic rings. The summed E-state index contributed by atoms with van der Waals surface area (Å²) in [7, 11) is 4.21. The van der Waals surface area contributed by atoms with Crippen LogP contribution >= 0.6 is 0 Å². The van der Waals surface area contributed by atoms with Gasteiger partial charge in [-0.1, -0.05) is 6.07 Å². The number of nitrogens with one attached hydrogen (secondary N) is 1. The minimum atomic E-state index is -0.142. The fraction of sp³-hybridized carbons (Fsp3) is 0.368. The maximum absolute atomic E-state index is 12.6. The van der Waals surface area contributed by atoms with Gasteiger partial charge < -0.3 is 10.2 Å². The number of hydrogen-bond donors (Lipinski definition) is 1. The van der Waals surface area contributed by atoms with Crippen molar-refractivity contribution in [3.05, 3.63) is 59.8 Å². The Hall–Kier alpha value is -2.84. The summed E-state index contributed by atoms with van der Waals surface area (Å²) in [6.45, 7) is 3.28. The Morgan fingerprint density at radius 1 is 1.19 bits per heavy atom. The van der Waals surface area contributed by atoms with Gasteiger partial charge in [0.25, 0.3) is 5.91 Å². The minimum Gasteiger partial charge on any atom is -0.346 e. The molecule has 140 valence electrons. The number of aromatic nitrogens is 4. The highest BCUT2D eigenvalue weighted by molar-refractivity contribution is 5.94. The van der Waals surface area contributed by atoms with Crippen molar-refractivity contribution >= 4 is 11.6 Å². The van der Waals surface area contributed by atoms with E-state index in [1.165, 1.54) is 0 Å². The third kappa shape index (κ3) is 3.67. The molecular weight excluding hydrogens is 342 g/mol. The highest BCUT2D eigenvalue weighted by Crippen LogP contribution is 2.22. The van der Waals surface area contributed by atoms with Crippen LogP contribution in [0.5, 0.6) is 0 Å². The Kier molecular flexibility index (Phi) is 4.83. The van der Waals surface area contributed by atoms with Crippen LogP contribution in [-0.2, 0) is 6.54 Å². The second kappa shape index (κ2) is 7.42. The van der Waals surface area contributed by atoms with Crippen LogP contribution in [0.25, 0.3) is 5.65 Å². The van der Waals surface area contributed by atoms with Gasteiger partial charge in [-0.15, -0.1) is 10.2 Å². The average Bonchev–Trinajstić information content (AvgIpc) is 3.12. The summed E-state index contributed by atoms with van der Waals surface area (Å²) in [5.74, 6) is 0.717. The Morgan fingerprint density at radius 2 is 2.07 bits per heavy atom. The van der Waals surface area contributed by atoms with Crippen molar-refractivity contribution in [3.63, 3.8) is 0 Å². The Balaban J connectivity index is 1.57.